The summed E-state index contributed by atoms with van der Waals surface area (Å²) in [6.07, 6.45) is 3.47. The first kappa shape index (κ1) is 14.4. The molecule has 0 aliphatic heterocycles. The third-order valence-corrected chi connectivity index (χ3v) is 3.26. The van der Waals surface area contributed by atoms with Gasteiger partial charge in [0.2, 0.25) is 0 Å². The Hall–Kier alpha value is -1.98. The van der Waals surface area contributed by atoms with Gasteiger partial charge in [0.1, 0.15) is 0 Å². The van der Waals surface area contributed by atoms with E-state index < -0.39 is 4.92 Å². The van der Waals surface area contributed by atoms with Crippen LogP contribution in [0.25, 0.3) is 0 Å². The molecule has 1 N–H and O–H groups in total. The average molecular weight is 292 g/mol. The van der Waals surface area contributed by atoms with E-state index in [2.05, 4.69) is 10.3 Å². The number of rotatable bonds is 5. The molecule has 0 saturated carbocycles. The highest BCUT2D eigenvalue weighted by atomic mass is 35.5. The first-order chi connectivity index (χ1) is 9.58. The third kappa shape index (κ3) is 3.53. The first-order valence-electron chi connectivity index (χ1n) is 6.14. The molecule has 0 unspecified atom stereocenters. The highest BCUT2D eigenvalue weighted by Gasteiger charge is 2.14. The monoisotopic (exact) mass is 291 g/mol. The van der Waals surface area contributed by atoms with Crippen molar-refractivity contribution in [3.8, 4) is 0 Å². The van der Waals surface area contributed by atoms with Crippen molar-refractivity contribution in [2.24, 2.45) is 0 Å². The van der Waals surface area contributed by atoms with Gasteiger partial charge in [-0.2, -0.15) is 0 Å². The summed E-state index contributed by atoms with van der Waals surface area (Å²) in [5, 5.41) is 14.7. The molecule has 1 heterocycles. The van der Waals surface area contributed by atoms with Gasteiger partial charge in [0.25, 0.3) is 5.69 Å². The van der Waals surface area contributed by atoms with E-state index >= 15 is 0 Å². The van der Waals surface area contributed by atoms with Crippen LogP contribution in [0.4, 0.5) is 5.69 Å². The van der Waals surface area contributed by atoms with Crippen molar-refractivity contribution in [1.82, 2.24) is 10.3 Å². The Morgan fingerprint density at radius 1 is 1.45 bits per heavy atom. The van der Waals surface area contributed by atoms with Crippen LogP contribution in [0.15, 0.2) is 42.7 Å². The average Bonchev–Trinajstić information content (AvgIpc) is 2.45. The van der Waals surface area contributed by atoms with Crippen LogP contribution in [0.1, 0.15) is 24.1 Å². The fourth-order valence-electron chi connectivity index (χ4n) is 1.89. The molecular weight excluding hydrogens is 278 g/mol. The molecular formula is C14H14ClN3O2. The van der Waals surface area contributed by atoms with Crippen molar-refractivity contribution >= 4 is 17.3 Å². The second kappa shape index (κ2) is 6.45. The number of hydrogen-bond donors (Lipinski definition) is 1. The maximum absolute atomic E-state index is 11.0. The number of hydrogen-bond acceptors (Lipinski definition) is 4. The molecule has 0 fully saturated rings. The topological polar surface area (TPSA) is 68.1 Å². The summed E-state index contributed by atoms with van der Waals surface area (Å²) in [4.78, 5) is 14.6. The summed E-state index contributed by atoms with van der Waals surface area (Å²) >= 11 is 5.89. The summed E-state index contributed by atoms with van der Waals surface area (Å²) in [5.74, 6) is 0. The Balaban J connectivity index is 2.11. The minimum Gasteiger partial charge on any atom is -0.306 e. The largest absolute Gasteiger partial charge is 0.306 e. The molecule has 0 saturated heterocycles. The van der Waals surface area contributed by atoms with Crippen LogP contribution in [0, 0.1) is 10.1 Å². The molecule has 2 rings (SSSR count). The van der Waals surface area contributed by atoms with Gasteiger partial charge in [-0.05, 0) is 30.7 Å². The fraction of sp³-hybridized carbons (Fsp3) is 0.214. The Labute approximate surface area is 121 Å². The first-order valence-corrected chi connectivity index (χ1v) is 6.52. The van der Waals surface area contributed by atoms with Gasteiger partial charge in [0, 0.05) is 41.6 Å². The molecule has 104 valence electrons. The molecule has 1 aromatic carbocycles. The molecule has 0 aliphatic carbocycles. The van der Waals surface area contributed by atoms with Gasteiger partial charge < -0.3 is 5.32 Å². The van der Waals surface area contributed by atoms with E-state index in [1.807, 2.05) is 19.1 Å². The number of nitrogens with one attached hydrogen (secondary N) is 1. The van der Waals surface area contributed by atoms with Crippen molar-refractivity contribution in [3.05, 3.63) is 69.0 Å². The van der Waals surface area contributed by atoms with Gasteiger partial charge in [-0.3, -0.25) is 15.1 Å². The molecule has 0 spiro atoms. The van der Waals surface area contributed by atoms with Gasteiger partial charge in [0.15, 0.2) is 0 Å². The summed E-state index contributed by atoms with van der Waals surface area (Å²) in [7, 11) is 0. The molecule has 20 heavy (non-hydrogen) atoms. The van der Waals surface area contributed by atoms with Gasteiger partial charge >= 0.3 is 0 Å². The molecule has 5 nitrogen and oxygen atoms in total. The Morgan fingerprint density at radius 2 is 2.25 bits per heavy atom. The third-order valence-electron chi connectivity index (χ3n) is 3.02. The maximum atomic E-state index is 11.0. The number of nitrogens with zero attached hydrogens (tertiary/aromatic N) is 2. The molecule has 0 radical (unpaired) electrons. The standard InChI is InChI=1S/C14H14ClN3O2/c1-10(11-3-2-6-16-8-11)17-9-12-7-13(15)4-5-14(12)18(19)20/h2-8,10,17H,9H2,1H3/t10-/m1/s1. The van der Waals surface area contributed by atoms with Crippen LogP contribution in [0.2, 0.25) is 5.02 Å². The van der Waals surface area contributed by atoms with Crippen molar-refractivity contribution in [2.75, 3.05) is 0 Å². The summed E-state index contributed by atoms with van der Waals surface area (Å²) in [6.45, 7) is 2.35. The zero-order chi connectivity index (χ0) is 14.5. The van der Waals surface area contributed by atoms with E-state index in [0.29, 0.717) is 17.1 Å². The molecule has 0 amide bonds. The lowest BCUT2D eigenvalue weighted by Crippen LogP contribution is -2.18. The van der Waals surface area contributed by atoms with Crippen molar-refractivity contribution in [1.29, 1.82) is 0 Å². The Bertz CT molecular complexity index is 605. The predicted molar refractivity (Wildman–Crippen MR) is 77.6 cm³/mol. The Morgan fingerprint density at radius 3 is 2.90 bits per heavy atom. The van der Waals surface area contributed by atoms with Crippen molar-refractivity contribution in [3.63, 3.8) is 0 Å². The number of nitro groups is 1. The van der Waals surface area contributed by atoms with E-state index in [1.54, 1.807) is 18.5 Å². The second-order valence-corrected chi connectivity index (χ2v) is 4.86. The zero-order valence-electron chi connectivity index (χ0n) is 10.9. The number of aromatic nitrogens is 1. The lowest BCUT2D eigenvalue weighted by Gasteiger charge is -2.14. The maximum Gasteiger partial charge on any atom is 0.273 e. The minimum absolute atomic E-state index is 0.0438. The van der Waals surface area contributed by atoms with E-state index in [-0.39, 0.29) is 11.7 Å². The lowest BCUT2D eigenvalue weighted by atomic mass is 10.1. The normalized spacial score (nSPS) is 12.1. The highest BCUT2D eigenvalue weighted by molar-refractivity contribution is 6.30. The van der Waals surface area contributed by atoms with E-state index in [1.165, 1.54) is 12.1 Å². The number of benzene rings is 1. The summed E-state index contributed by atoms with van der Waals surface area (Å²) in [6, 6.07) is 8.42. The minimum atomic E-state index is -0.401. The predicted octanol–water partition coefficient (Wildman–Crippen LogP) is 3.49. The molecule has 0 bridgehead atoms. The van der Waals surface area contributed by atoms with Crippen LogP contribution >= 0.6 is 11.6 Å². The van der Waals surface area contributed by atoms with Crippen LogP contribution in [-0.2, 0) is 6.54 Å². The molecule has 6 heteroatoms. The van der Waals surface area contributed by atoms with Gasteiger partial charge in [-0.25, -0.2) is 0 Å². The SMILES string of the molecule is C[C@@H](NCc1cc(Cl)ccc1[N+](=O)[O-])c1cccnc1. The van der Waals surface area contributed by atoms with Gasteiger partial charge in [-0.15, -0.1) is 0 Å². The van der Waals surface area contributed by atoms with Gasteiger partial charge in [-0.1, -0.05) is 17.7 Å². The van der Waals surface area contributed by atoms with Crippen molar-refractivity contribution < 1.29 is 4.92 Å². The summed E-state index contributed by atoms with van der Waals surface area (Å²) in [5.41, 5.74) is 1.66. The van der Waals surface area contributed by atoms with Crippen LogP contribution in [0.5, 0.6) is 0 Å². The van der Waals surface area contributed by atoms with Crippen LogP contribution < -0.4 is 5.32 Å². The Kier molecular flexibility index (Phi) is 4.65. The smallest absolute Gasteiger partial charge is 0.273 e. The molecule has 0 aliphatic rings. The number of pyridine rings is 1. The summed E-state index contributed by atoms with van der Waals surface area (Å²) < 4.78 is 0. The molecule has 1 aromatic heterocycles. The van der Waals surface area contributed by atoms with E-state index in [9.17, 15) is 10.1 Å². The van der Waals surface area contributed by atoms with Crippen LogP contribution in [0.3, 0.4) is 0 Å². The van der Waals surface area contributed by atoms with E-state index in [4.69, 9.17) is 11.6 Å². The number of nitro benzene ring substituents is 1. The second-order valence-electron chi connectivity index (χ2n) is 4.42. The molecule has 1 atom stereocenters. The lowest BCUT2D eigenvalue weighted by molar-refractivity contribution is -0.385. The van der Waals surface area contributed by atoms with Crippen LogP contribution in [-0.4, -0.2) is 9.91 Å². The molecule has 2 aromatic rings. The number of halogens is 1. The fourth-order valence-corrected chi connectivity index (χ4v) is 2.08. The van der Waals surface area contributed by atoms with E-state index in [0.717, 1.165) is 5.56 Å². The van der Waals surface area contributed by atoms with Gasteiger partial charge in [0.05, 0.1) is 4.92 Å². The zero-order valence-corrected chi connectivity index (χ0v) is 11.7. The highest BCUT2D eigenvalue weighted by Crippen LogP contribution is 2.23. The quantitative estimate of drug-likeness (QED) is 0.676. The van der Waals surface area contributed by atoms with Crippen molar-refractivity contribution in [2.45, 2.75) is 19.5 Å².